The molecule has 3 aromatic carbocycles. The number of hydrogen-bond donors (Lipinski definition) is 2. The molecule has 1 unspecified atom stereocenters. The van der Waals surface area contributed by atoms with Crippen LogP contribution in [0.15, 0.2) is 89.9 Å². The van der Waals surface area contributed by atoms with Crippen LogP contribution in [-0.2, 0) is 0 Å². The number of aromatic nitrogens is 3. The number of nitriles is 1. The number of hydrogen-bond acceptors (Lipinski definition) is 6. The van der Waals surface area contributed by atoms with Crippen LogP contribution in [0.1, 0.15) is 24.2 Å². The Balaban J connectivity index is 1.75. The number of para-hydroxylation sites is 1. The van der Waals surface area contributed by atoms with E-state index in [9.17, 15) is 10.1 Å². The number of anilines is 2. The molecular weight excluding hydrogens is 472 g/mol. The third-order valence-corrected chi connectivity index (χ3v) is 6.19. The molecule has 2 heterocycles. The third kappa shape index (κ3) is 4.26. The summed E-state index contributed by atoms with van der Waals surface area (Å²) in [6, 6.07) is 26.3. The summed E-state index contributed by atoms with van der Waals surface area (Å²) in [6.45, 7) is 1.90. The topological polar surface area (TPSA) is 110 Å². The van der Waals surface area contributed by atoms with Crippen molar-refractivity contribution in [3.63, 3.8) is 0 Å². The zero-order valence-electron chi connectivity index (χ0n) is 19.3. The second-order valence-electron chi connectivity index (χ2n) is 8.29. The largest absolute Gasteiger partial charge is 0.368 e. The lowest BCUT2D eigenvalue weighted by Crippen LogP contribution is -2.26. The van der Waals surface area contributed by atoms with E-state index in [1.807, 2.05) is 79.7 Å². The fraction of sp³-hybridized carbons (Fsp3) is 0.0714. The third-order valence-electron chi connectivity index (χ3n) is 5.95. The summed E-state index contributed by atoms with van der Waals surface area (Å²) in [6.07, 6.45) is 1.37. The first-order valence-corrected chi connectivity index (χ1v) is 11.6. The number of nitrogens with one attached hydrogen (secondary N) is 1. The minimum absolute atomic E-state index is 0.0498. The summed E-state index contributed by atoms with van der Waals surface area (Å²) >= 11 is 6.26. The normalized spacial score (nSPS) is 11.7. The van der Waals surface area contributed by atoms with Gasteiger partial charge >= 0.3 is 0 Å². The summed E-state index contributed by atoms with van der Waals surface area (Å²) in [5.41, 5.74) is 8.93. The van der Waals surface area contributed by atoms with Crippen molar-refractivity contribution in [2.24, 2.45) is 0 Å². The van der Waals surface area contributed by atoms with Gasteiger partial charge in [-0.05, 0) is 53.8 Å². The second kappa shape index (κ2) is 9.53. The molecule has 0 saturated carbocycles. The van der Waals surface area contributed by atoms with Crippen molar-refractivity contribution < 1.29 is 0 Å². The standard InChI is InChI=1S/C28H21ClN6O/c1-17(33-26-20(15-30)16-32-28(31)34-26)24-14-19-8-6-12-23(18-7-5-9-21(29)13-18)25(19)27(36)35(24)22-10-3-2-4-11-22/h2-14,16-17H,1H3,(H3,31,32,33,34). The van der Waals surface area contributed by atoms with Crippen molar-refractivity contribution in [2.75, 3.05) is 11.1 Å². The number of halogens is 1. The highest BCUT2D eigenvalue weighted by Crippen LogP contribution is 2.31. The highest BCUT2D eigenvalue weighted by molar-refractivity contribution is 6.30. The maximum Gasteiger partial charge on any atom is 0.263 e. The smallest absolute Gasteiger partial charge is 0.263 e. The van der Waals surface area contributed by atoms with Crippen molar-refractivity contribution in [2.45, 2.75) is 13.0 Å². The van der Waals surface area contributed by atoms with Gasteiger partial charge in [0, 0.05) is 16.4 Å². The number of nitrogens with two attached hydrogens (primary N) is 1. The number of benzene rings is 3. The van der Waals surface area contributed by atoms with E-state index in [2.05, 4.69) is 21.4 Å². The van der Waals surface area contributed by atoms with Gasteiger partial charge in [-0.25, -0.2) is 4.98 Å². The first kappa shape index (κ1) is 23.1. The summed E-state index contributed by atoms with van der Waals surface area (Å²) in [7, 11) is 0. The van der Waals surface area contributed by atoms with Crippen molar-refractivity contribution in [3.8, 4) is 22.9 Å². The van der Waals surface area contributed by atoms with Gasteiger partial charge in [0.1, 0.15) is 17.5 Å². The lowest BCUT2D eigenvalue weighted by molar-refractivity contribution is 0.772. The Morgan fingerprint density at radius 3 is 2.58 bits per heavy atom. The van der Waals surface area contributed by atoms with E-state index >= 15 is 0 Å². The van der Waals surface area contributed by atoms with Gasteiger partial charge in [-0.1, -0.05) is 60.1 Å². The van der Waals surface area contributed by atoms with Gasteiger partial charge in [-0.15, -0.1) is 0 Å². The Kier molecular flexibility index (Phi) is 6.11. The van der Waals surface area contributed by atoms with Gasteiger partial charge in [0.15, 0.2) is 0 Å². The van der Waals surface area contributed by atoms with Gasteiger partial charge in [0.2, 0.25) is 5.95 Å². The average molecular weight is 493 g/mol. The summed E-state index contributed by atoms with van der Waals surface area (Å²) in [5.74, 6) is 0.353. The van der Waals surface area contributed by atoms with Crippen LogP contribution in [0.4, 0.5) is 11.8 Å². The van der Waals surface area contributed by atoms with Crippen LogP contribution in [-0.4, -0.2) is 14.5 Å². The molecule has 0 aliphatic carbocycles. The van der Waals surface area contributed by atoms with Gasteiger partial charge in [-0.2, -0.15) is 10.2 Å². The number of nitrogens with zero attached hydrogens (tertiary/aromatic N) is 4. The molecule has 0 fully saturated rings. The van der Waals surface area contributed by atoms with Crippen LogP contribution in [0.2, 0.25) is 5.02 Å². The molecule has 0 amide bonds. The van der Waals surface area contributed by atoms with Crippen LogP contribution < -0.4 is 16.6 Å². The van der Waals surface area contributed by atoms with Crippen molar-refractivity contribution in [1.82, 2.24) is 14.5 Å². The molecule has 0 aliphatic rings. The first-order chi connectivity index (χ1) is 17.5. The fourth-order valence-corrected chi connectivity index (χ4v) is 4.50. The molecule has 5 aromatic rings. The highest BCUT2D eigenvalue weighted by atomic mass is 35.5. The lowest BCUT2D eigenvalue weighted by Gasteiger charge is -2.22. The first-order valence-electron chi connectivity index (χ1n) is 11.3. The molecule has 0 aliphatic heterocycles. The molecule has 0 spiro atoms. The quantitative estimate of drug-likeness (QED) is 0.324. The van der Waals surface area contributed by atoms with E-state index in [0.29, 0.717) is 21.9 Å². The van der Waals surface area contributed by atoms with Crippen molar-refractivity contribution in [3.05, 3.63) is 112 Å². The van der Waals surface area contributed by atoms with Gasteiger partial charge in [0.25, 0.3) is 5.56 Å². The van der Waals surface area contributed by atoms with Crippen LogP contribution in [0.5, 0.6) is 0 Å². The van der Waals surface area contributed by atoms with E-state index < -0.39 is 6.04 Å². The minimum Gasteiger partial charge on any atom is -0.368 e. The Hall–Kier alpha value is -4.67. The Morgan fingerprint density at radius 1 is 1.06 bits per heavy atom. The molecular formula is C28H21ClN6O. The fourth-order valence-electron chi connectivity index (χ4n) is 4.31. The average Bonchev–Trinajstić information content (AvgIpc) is 2.89. The maximum absolute atomic E-state index is 14.2. The molecule has 0 saturated heterocycles. The number of rotatable bonds is 5. The monoisotopic (exact) mass is 492 g/mol. The van der Waals surface area contributed by atoms with Gasteiger partial charge < -0.3 is 11.1 Å². The molecule has 0 radical (unpaired) electrons. The molecule has 7 nitrogen and oxygen atoms in total. The SMILES string of the molecule is CC(Nc1nc(N)ncc1C#N)c1cc2cccc(-c3cccc(Cl)c3)c2c(=O)n1-c1ccccc1. The van der Waals surface area contributed by atoms with Gasteiger partial charge in [0.05, 0.1) is 17.6 Å². The predicted molar refractivity (Wildman–Crippen MR) is 143 cm³/mol. The summed E-state index contributed by atoms with van der Waals surface area (Å²) < 4.78 is 1.69. The van der Waals surface area contributed by atoms with Gasteiger partial charge in [-0.3, -0.25) is 9.36 Å². The number of fused-ring (bicyclic) bond motifs is 1. The van der Waals surface area contributed by atoms with E-state index in [1.54, 1.807) is 10.6 Å². The van der Waals surface area contributed by atoms with E-state index in [0.717, 1.165) is 22.2 Å². The van der Waals surface area contributed by atoms with E-state index in [4.69, 9.17) is 17.3 Å². The van der Waals surface area contributed by atoms with E-state index in [1.165, 1.54) is 6.20 Å². The minimum atomic E-state index is -0.404. The Labute approximate surface area is 212 Å². The molecule has 2 aromatic heterocycles. The Bertz CT molecular complexity index is 1690. The molecule has 5 rings (SSSR count). The molecule has 0 bridgehead atoms. The molecule has 176 valence electrons. The molecule has 36 heavy (non-hydrogen) atoms. The number of nitrogen functional groups attached to an aromatic ring is 1. The lowest BCUT2D eigenvalue weighted by atomic mass is 9.98. The van der Waals surface area contributed by atoms with Crippen LogP contribution in [0, 0.1) is 11.3 Å². The van der Waals surface area contributed by atoms with Crippen LogP contribution in [0.3, 0.4) is 0 Å². The maximum atomic E-state index is 14.2. The van der Waals surface area contributed by atoms with E-state index in [-0.39, 0.29) is 17.1 Å². The molecule has 3 N–H and O–H groups in total. The molecule has 1 atom stereocenters. The zero-order chi connectivity index (χ0) is 25.2. The van der Waals surface area contributed by atoms with Crippen LogP contribution in [0.25, 0.3) is 27.6 Å². The summed E-state index contributed by atoms with van der Waals surface area (Å²) in [5, 5.41) is 14.7. The van der Waals surface area contributed by atoms with Crippen LogP contribution >= 0.6 is 11.6 Å². The predicted octanol–water partition coefficient (Wildman–Crippen LogP) is 5.73. The zero-order valence-corrected chi connectivity index (χ0v) is 20.1. The van der Waals surface area contributed by atoms with Crippen molar-refractivity contribution >= 4 is 34.1 Å². The Morgan fingerprint density at radius 2 is 1.83 bits per heavy atom. The molecule has 8 heteroatoms. The highest BCUT2D eigenvalue weighted by Gasteiger charge is 2.20. The second-order valence-corrected chi connectivity index (χ2v) is 8.73. The summed E-state index contributed by atoms with van der Waals surface area (Å²) in [4.78, 5) is 22.3. The van der Waals surface area contributed by atoms with Crippen molar-refractivity contribution in [1.29, 1.82) is 5.26 Å². The number of pyridine rings is 1.